The highest BCUT2D eigenvalue weighted by Gasteiger charge is 2.46. The van der Waals surface area contributed by atoms with Gasteiger partial charge in [0.25, 0.3) is 0 Å². The Morgan fingerprint density at radius 1 is 1.47 bits per heavy atom. The van der Waals surface area contributed by atoms with Gasteiger partial charge in [-0.3, -0.25) is 4.79 Å². The largest absolute Gasteiger partial charge is 0.368 e. The van der Waals surface area contributed by atoms with Gasteiger partial charge in [-0.05, 0) is 43.9 Å². The van der Waals surface area contributed by atoms with E-state index in [0.29, 0.717) is 10.7 Å². The summed E-state index contributed by atoms with van der Waals surface area (Å²) in [6, 6.07) is 0. The van der Waals surface area contributed by atoms with Gasteiger partial charge in [-0.25, -0.2) is 0 Å². The normalized spacial score (nSPS) is 27.7. The maximum atomic E-state index is 12.0. The number of primary amides is 1. The Labute approximate surface area is 122 Å². The average molecular weight is 286 g/mol. The van der Waals surface area contributed by atoms with Gasteiger partial charge in [0.2, 0.25) is 5.91 Å². The number of nitrogens with two attached hydrogens (primary N) is 1. The molecule has 2 unspecified atom stereocenters. The van der Waals surface area contributed by atoms with Crippen LogP contribution in [0.1, 0.15) is 59.8 Å². The SMILES string of the molecule is CCCNC1(C(N)=O)CCCC1CCSC(C)(C)C. The quantitative estimate of drug-likeness (QED) is 0.756. The second kappa shape index (κ2) is 6.98. The Morgan fingerprint density at radius 3 is 2.68 bits per heavy atom. The predicted octanol–water partition coefficient (Wildman–Crippen LogP) is 2.93. The minimum atomic E-state index is -0.436. The molecule has 0 heterocycles. The lowest BCUT2D eigenvalue weighted by molar-refractivity contribution is -0.126. The summed E-state index contributed by atoms with van der Waals surface area (Å²) >= 11 is 1.98. The van der Waals surface area contributed by atoms with E-state index < -0.39 is 5.54 Å². The van der Waals surface area contributed by atoms with Crippen LogP contribution in [-0.2, 0) is 4.79 Å². The summed E-state index contributed by atoms with van der Waals surface area (Å²) < 4.78 is 0.296. The van der Waals surface area contributed by atoms with Crippen molar-refractivity contribution in [2.24, 2.45) is 11.7 Å². The van der Waals surface area contributed by atoms with Gasteiger partial charge in [0.05, 0.1) is 0 Å². The van der Waals surface area contributed by atoms with E-state index >= 15 is 0 Å². The summed E-state index contributed by atoms with van der Waals surface area (Å²) in [5, 5.41) is 3.46. The smallest absolute Gasteiger partial charge is 0.238 e. The summed E-state index contributed by atoms with van der Waals surface area (Å²) in [7, 11) is 0. The fourth-order valence-corrected chi connectivity index (χ4v) is 3.98. The second-order valence-electron chi connectivity index (χ2n) is 6.60. The standard InChI is InChI=1S/C15H30N2OS/c1-5-10-17-15(13(16)18)9-6-7-12(15)8-11-19-14(2,3)4/h12,17H,5-11H2,1-4H3,(H2,16,18). The molecule has 1 rings (SSSR count). The average Bonchev–Trinajstić information content (AvgIpc) is 2.69. The molecule has 0 spiro atoms. The Bertz CT molecular complexity index is 301. The third-order valence-corrected chi connectivity index (χ3v) is 5.26. The van der Waals surface area contributed by atoms with Crippen molar-refractivity contribution in [2.45, 2.75) is 70.1 Å². The van der Waals surface area contributed by atoms with E-state index in [4.69, 9.17) is 5.73 Å². The maximum absolute atomic E-state index is 12.0. The number of carbonyl (C=O) groups excluding carboxylic acids is 1. The van der Waals surface area contributed by atoms with Crippen molar-refractivity contribution in [1.29, 1.82) is 0 Å². The van der Waals surface area contributed by atoms with E-state index in [0.717, 1.165) is 44.4 Å². The predicted molar refractivity (Wildman–Crippen MR) is 84.4 cm³/mol. The summed E-state index contributed by atoms with van der Waals surface area (Å²) in [6.45, 7) is 9.72. The van der Waals surface area contributed by atoms with Crippen molar-refractivity contribution < 1.29 is 4.79 Å². The van der Waals surface area contributed by atoms with E-state index in [1.165, 1.54) is 0 Å². The van der Waals surface area contributed by atoms with Crippen molar-refractivity contribution in [1.82, 2.24) is 5.32 Å². The van der Waals surface area contributed by atoms with Crippen LogP contribution in [0.4, 0.5) is 0 Å². The van der Waals surface area contributed by atoms with Crippen LogP contribution >= 0.6 is 11.8 Å². The van der Waals surface area contributed by atoms with Gasteiger partial charge in [0.15, 0.2) is 0 Å². The highest BCUT2D eigenvalue weighted by molar-refractivity contribution is 8.00. The lowest BCUT2D eigenvalue weighted by atomic mass is 9.84. The molecule has 0 aromatic heterocycles. The molecule has 0 aromatic rings. The van der Waals surface area contributed by atoms with Crippen molar-refractivity contribution in [3.8, 4) is 0 Å². The molecule has 1 saturated carbocycles. The number of hydrogen-bond acceptors (Lipinski definition) is 3. The van der Waals surface area contributed by atoms with Crippen molar-refractivity contribution in [3.05, 3.63) is 0 Å². The lowest BCUT2D eigenvalue weighted by Crippen LogP contribution is -2.58. The van der Waals surface area contributed by atoms with Crippen LogP contribution in [-0.4, -0.2) is 28.5 Å². The molecule has 1 aliphatic rings. The van der Waals surface area contributed by atoms with Gasteiger partial charge >= 0.3 is 0 Å². The van der Waals surface area contributed by atoms with Crippen molar-refractivity contribution >= 4 is 17.7 Å². The van der Waals surface area contributed by atoms with Crippen LogP contribution in [0.2, 0.25) is 0 Å². The third kappa shape index (κ3) is 4.67. The molecule has 4 heteroatoms. The zero-order valence-electron chi connectivity index (χ0n) is 12.9. The molecule has 112 valence electrons. The van der Waals surface area contributed by atoms with Gasteiger partial charge in [0, 0.05) is 4.75 Å². The number of carbonyl (C=O) groups is 1. The first-order valence-corrected chi connectivity index (χ1v) is 8.49. The van der Waals surface area contributed by atoms with Crippen LogP contribution in [0.15, 0.2) is 0 Å². The van der Waals surface area contributed by atoms with Gasteiger partial charge in [0.1, 0.15) is 5.54 Å². The number of thioether (sulfide) groups is 1. The molecular weight excluding hydrogens is 256 g/mol. The molecule has 3 nitrogen and oxygen atoms in total. The monoisotopic (exact) mass is 286 g/mol. The van der Waals surface area contributed by atoms with Gasteiger partial charge in [-0.15, -0.1) is 0 Å². The summed E-state index contributed by atoms with van der Waals surface area (Å²) in [5.41, 5.74) is 5.28. The second-order valence-corrected chi connectivity index (χ2v) is 8.52. The zero-order valence-corrected chi connectivity index (χ0v) is 13.7. The van der Waals surface area contributed by atoms with E-state index in [1.54, 1.807) is 0 Å². The lowest BCUT2D eigenvalue weighted by Gasteiger charge is -2.34. The molecule has 0 radical (unpaired) electrons. The third-order valence-electron chi connectivity index (χ3n) is 3.95. The summed E-state index contributed by atoms with van der Waals surface area (Å²) in [6.07, 6.45) is 5.28. The van der Waals surface area contributed by atoms with Gasteiger partial charge in [-0.2, -0.15) is 11.8 Å². The molecule has 2 atom stereocenters. The van der Waals surface area contributed by atoms with E-state index in [1.807, 2.05) is 11.8 Å². The number of rotatable bonds is 7. The minimum absolute atomic E-state index is 0.149. The first kappa shape index (κ1) is 16.8. The Morgan fingerprint density at radius 2 is 2.16 bits per heavy atom. The van der Waals surface area contributed by atoms with Gasteiger partial charge < -0.3 is 11.1 Å². The molecule has 3 N–H and O–H groups in total. The number of nitrogens with one attached hydrogen (secondary N) is 1. The molecule has 1 fully saturated rings. The van der Waals surface area contributed by atoms with E-state index in [-0.39, 0.29) is 5.91 Å². The van der Waals surface area contributed by atoms with Crippen LogP contribution < -0.4 is 11.1 Å². The number of amides is 1. The maximum Gasteiger partial charge on any atom is 0.238 e. The van der Waals surface area contributed by atoms with Crippen molar-refractivity contribution in [3.63, 3.8) is 0 Å². The van der Waals surface area contributed by atoms with Crippen LogP contribution in [0, 0.1) is 5.92 Å². The molecule has 19 heavy (non-hydrogen) atoms. The molecule has 0 saturated heterocycles. The molecular formula is C15H30N2OS. The first-order valence-electron chi connectivity index (χ1n) is 7.50. The van der Waals surface area contributed by atoms with E-state index in [9.17, 15) is 4.79 Å². The zero-order chi connectivity index (χ0) is 14.5. The van der Waals surface area contributed by atoms with Crippen LogP contribution in [0.25, 0.3) is 0 Å². The van der Waals surface area contributed by atoms with Crippen molar-refractivity contribution in [2.75, 3.05) is 12.3 Å². The minimum Gasteiger partial charge on any atom is -0.368 e. The molecule has 1 amide bonds. The molecule has 0 aromatic carbocycles. The summed E-state index contributed by atoms with van der Waals surface area (Å²) in [4.78, 5) is 12.0. The fraction of sp³-hybridized carbons (Fsp3) is 0.933. The molecule has 0 aliphatic heterocycles. The molecule has 0 bridgehead atoms. The highest BCUT2D eigenvalue weighted by Crippen LogP contribution is 2.39. The topological polar surface area (TPSA) is 55.1 Å². The highest BCUT2D eigenvalue weighted by atomic mass is 32.2. The summed E-state index contributed by atoms with van der Waals surface area (Å²) in [5.74, 6) is 1.37. The van der Waals surface area contributed by atoms with Gasteiger partial charge in [-0.1, -0.05) is 34.1 Å². The van der Waals surface area contributed by atoms with E-state index in [2.05, 4.69) is 33.0 Å². The first-order chi connectivity index (χ1) is 8.82. The Kier molecular flexibility index (Phi) is 6.18. The number of hydrogen-bond donors (Lipinski definition) is 2. The van der Waals surface area contributed by atoms with Crippen LogP contribution in [0.3, 0.4) is 0 Å². The Balaban J connectivity index is 2.61. The Hall–Kier alpha value is -0.220. The fourth-order valence-electron chi connectivity index (χ4n) is 2.97. The molecule has 1 aliphatic carbocycles. The van der Waals surface area contributed by atoms with Crippen LogP contribution in [0.5, 0.6) is 0 Å².